The number of aryl methyl sites for hydroxylation is 1. The Morgan fingerprint density at radius 1 is 1.42 bits per heavy atom. The van der Waals surface area contributed by atoms with Gasteiger partial charge in [0.2, 0.25) is 5.89 Å². The molecular weight excluding hydrogens is 334 g/mol. The fourth-order valence-electron chi connectivity index (χ4n) is 3.75. The second kappa shape index (κ2) is 6.83. The highest BCUT2D eigenvalue weighted by Crippen LogP contribution is 2.40. The molecule has 0 bridgehead atoms. The number of nitrogens with one attached hydrogen (secondary N) is 1. The van der Waals surface area contributed by atoms with Gasteiger partial charge in [-0.3, -0.25) is 9.89 Å². The third-order valence-electron chi connectivity index (χ3n) is 5.63. The summed E-state index contributed by atoms with van der Waals surface area (Å²) in [7, 11) is 1.70. The van der Waals surface area contributed by atoms with Crippen molar-refractivity contribution < 1.29 is 14.1 Å². The number of amides is 1. The molecule has 8 heteroatoms. The zero-order chi connectivity index (χ0) is 18.1. The van der Waals surface area contributed by atoms with E-state index >= 15 is 0 Å². The molecule has 3 heterocycles. The molecule has 0 aromatic carbocycles. The zero-order valence-corrected chi connectivity index (χ0v) is 15.3. The number of nitrogens with zero attached hydrogens (tertiary/aromatic N) is 4. The number of piperidine rings is 1. The minimum Gasteiger partial charge on any atom is -0.385 e. The molecule has 2 aromatic rings. The minimum absolute atomic E-state index is 0.00205. The fourth-order valence-corrected chi connectivity index (χ4v) is 3.75. The number of hydrogen-bond donors (Lipinski definition) is 1. The number of methoxy groups -OCH3 is 1. The van der Waals surface area contributed by atoms with Crippen molar-refractivity contribution >= 4 is 5.91 Å². The Hall–Kier alpha value is -2.22. The Morgan fingerprint density at radius 3 is 2.81 bits per heavy atom. The smallest absolute Gasteiger partial charge is 0.274 e. The summed E-state index contributed by atoms with van der Waals surface area (Å²) < 4.78 is 10.5. The molecule has 1 aliphatic carbocycles. The van der Waals surface area contributed by atoms with Crippen LogP contribution in [0.25, 0.3) is 0 Å². The quantitative estimate of drug-likeness (QED) is 0.849. The monoisotopic (exact) mass is 359 g/mol. The first-order chi connectivity index (χ1) is 12.6. The summed E-state index contributed by atoms with van der Waals surface area (Å²) in [6.07, 6.45) is 4.78. The highest BCUT2D eigenvalue weighted by atomic mass is 16.5. The summed E-state index contributed by atoms with van der Waals surface area (Å²) >= 11 is 0. The molecule has 0 spiro atoms. The number of ether oxygens (including phenoxy) is 1. The van der Waals surface area contributed by atoms with Crippen LogP contribution in [0.15, 0.2) is 10.6 Å². The summed E-state index contributed by atoms with van der Waals surface area (Å²) in [4.78, 5) is 19.1. The Morgan fingerprint density at radius 2 is 2.19 bits per heavy atom. The Kier molecular flexibility index (Phi) is 4.52. The van der Waals surface area contributed by atoms with Gasteiger partial charge in [0.25, 0.3) is 5.91 Å². The molecule has 0 radical (unpaired) electrons. The molecule has 1 saturated carbocycles. The first-order valence-electron chi connectivity index (χ1n) is 9.26. The van der Waals surface area contributed by atoms with Crippen LogP contribution >= 0.6 is 0 Å². The van der Waals surface area contributed by atoms with Crippen LogP contribution in [-0.4, -0.2) is 58.0 Å². The number of carbonyl (C=O) groups is 1. The van der Waals surface area contributed by atoms with Gasteiger partial charge in [-0.2, -0.15) is 10.1 Å². The Labute approximate surface area is 152 Å². The maximum Gasteiger partial charge on any atom is 0.274 e. The SMILES string of the molecule is COCCC1(c2noc(C)n2)CCN(C(=O)c2cc(C3CC3)[nH]n2)CC1. The van der Waals surface area contributed by atoms with E-state index in [4.69, 9.17) is 9.26 Å². The first-order valence-corrected chi connectivity index (χ1v) is 9.26. The molecule has 2 aromatic heterocycles. The van der Waals surface area contributed by atoms with Crippen molar-refractivity contribution in [3.05, 3.63) is 29.2 Å². The maximum atomic E-state index is 12.8. The molecule has 1 amide bonds. The standard InChI is InChI=1S/C18H25N5O3/c1-12-19-17(22-26-12)18(7-10-25-2)5-8-23(9-6-18)16(24)15-11-14(20-21-15)13-3-4-13/h11,13H,3-10H2,1-2H3,(H,20,21). The lowest BCUT2D eigenvalue weighted by molar-refractivity contribution is 0.0610. The van der Waals surface area contributed by atoms with Crippen molar-refractivity contribution in [3.63, 3.8) is 0 Å². The van der Waals surface area contributed by atoms with Gasteiger partial charge in [0, 0.05) is 50.8 Å². The molecule has 8 nitrogen and oxygen atoms in total. The van der Waals surface area contributed by atoms with E-state index in [0.29, 0.717) is 37.2 Å². The highest BCUT2D eigenvalue weighted by Gasteiger charge is 2.41. The van der Waals surface area contributed by atoms with Crippen LogP contribution in [0.1, 0.15) is 65.9 Å². The van der Waals surface area contributed by atoms with Crippen molar-refractivity contribution in [1.29, 1.82) is 0 Å². The average molecular weight is 359 g/mol. The molecular formula is C18H25N5O3. The van der Waals surface area contributed by atoms with E-state index in [9.17, 15) is 4.79 Å². The second-order valence-corrected chi connectivity index (χ2v) is 7.44. The summed E-state index contributed by atoms with van der Waals surface area (Å²) in [6.45, 7) is 3.74. The van der Waals surface area contributed by atoms with Crippen molar-refractivity contribution in [2.75, 3.05) is 26.8 Å². The number of carbonyl (C=O) groups excluding carboxylic acids is 1. The summed E-state index contributed by atoms with van der Waals surface area (Å²) in [5.74, 6) is 1.86. The molecule has 2 fully saturated rings. The van der Waals surface area contributed by atoms with Crippen LogP contribution < -0.4 is 0 Å². The zero-order valence-electron chi connectivity index (χ0n) is 15.3. The van der Waals surface area contributed by atoms with Gasteiger partial charge >= 0.3 is 0 Å². The molecule has 4 rings (SSSR count). The van der Waals surface area contributed by atoms with E-state index in [1.54, 1.807) is 14.0 Å². The van der Waals surface area contributed by atoms with Crippen LogP contribution in [-0.2, 0) is 10.2 Å². The lowest BCUT2D eigenvalue weighted by Crippen LogP contribution is -2.46. The van der Waals surface area contributed by atoms with Crippen LogP contribution in [0.2, 0.25) is 0 Å². The lowest BCUT2D eigenvalue weighted by atomic mass is 9.75. The molecule has 1 aliphatic heterocycles. The van der Waals surface area contributed by atoms with E-state index in [1.807, 2.05) is 11.0 Å². The Bertz CT molecular complexity index is 771. The van der Waals surface area contributed by atoms with Crippen molar-refractivity contribution in [2.45, 2.75) is 50.4 Å². The van der Waals surface area contributed by atoms with Crippen molar-refractivity contribution in [3.8, 4) is 0 Å². The second-order valence-electron chi connectivity index (χ2n) is 7.44. The number of aromatic nitrogens is 4. The summed E-state index contributed by atoms with van der Waals surface area (Å²) in [6, 6.07) is 1.91. The van der Waals surface area contributed by atoms with Gasteiger partial charge in [-0.1, -0.05) is 5.16 Å². The normalized spacial score (nSPS) is 19.7. The highest BCUT2D eigenvalue weighted by molar-refractivity contribution is 5.92. The fraction of sp³-hybridized carbons (Fsp3) is 0.667. The van der Waals surface area contributed by atoms with Gasteiger partial charge in [-0.15, -0.1) is 0 Å². The van der Waals surface area contributed by atoms with E-state index in [1.165, 1.54) is 12.8 Å². The predicted octanol–water partition coefficient (Wildman–Crippen LogP) is 2.19. The van der Waals surface area contributed by atoms with Gasteiger partial charge in [0.05, 0.1) is 0 Å². The third kappa shape index (κ3) is 3.25. The number of rotatable bonds is 6. The first kappa shape index (κ1) is 17.2. The molecule has 1 N–H and O–H groups in total. The third-order valence-corrected chi connectivity index (χ3v) is 5.63. The van der Waals surface area contributed by atoms with E-state index in [0.717, 1.165) is 30.8 Å². The predicted molar refractivity (Wildman–Crippen MR) is 92.9 cm³/mol. The van der Waals surface area contributed by atoms with Crippen molar-refractivity contribution in [1.82, 2.24) is 25.2 Å². The van der Waals surface area contributed by atoms with Gasteiger partial charge < -0.3 is 14.2 Å². The molecule has 0 atom stereocenters. The van der Waals surface area contributed by atoms with Gasteiger partial charge in [-0.25, -0.2) is 0 Å². The number of H-pyrrole nitrogens is 1. The van der Waals surface area contributed by atoms with Crippen LogP contribution in [0.5, 0.6) is 0 Å². The minimum atomic E-state index is -0.199. The molecule has 2 aliphatic rings. The lowest BCUT2D eigenvalue weighted by Gasteiger charge is -2.39. The number of hydrogen-bond acceptors (Lipinski definition) is 6. The molecule has 0 unspecified atom stereocenters. The van der Waals surface area contributed by atoms with Crippen LogP contribution in [0.4, 0.5) is 0 Å². The van der Waals surface area contributed by atoms with Crippen molar-refractivity contribution in [2.24, 2.45) is 0 Å². The van der Waals surface area contributed by atoms with E-state index in [-0.39, 0.29) is 11.3 Å². The van der Waals surface area contributed by atoms with Crippen LogP contribution in [0.3, 0.4) is 0 Å². The number of likely N-dealkylation sites (tertiary alicyclic amines) is 1. The van der Waals surface area contributed by atoms with E-state index < -0.39 is 0 Å². The van der Waals surface area contributed by atoms with Gasteiger partial charge in [-0.05, 0) is 38.2 Å². The molecule has 1 saturated heterocycles. The van der Waals surface area contributed by atoms with E-state index in [2.05, 4.69) is 20.3 Å². The van der Waals surface area contributed by atoms with Crippen LogP contribution in [0, 0.1) is 6.92 Å². The molecule has 26 heavy (non-hydrogen) atoms. The number of aromatic amines is 1. The summed E-state index contributed by atoms with van der Waals surface area (Å²) in [5.41, 5.74) is 1.41. The largest absolute Gasteiger partial charge is 0.385 e. The Balaban J connectivity index is 1.45. The maximum absolute atomic E-state index is 12.8. The molecule has 140 valence electrons. The summed E-state index contributed by atoms with van der Waals surface area (Å²) in [5, 5.41) is 11.4. The average Bonchev–Trinajstić information content (AvgIpc) is 3.22. The topological polar surface area (TPSA) is 97.1 Å². The van der Waals surface area contributed by atoms with Gasteiger partial charge in [0.1, 0.15) is 5.69 Å². The van der Waals surface area contributed by atoms with Gasteiger partial charge in [0.15, 0.2) is 5.82 Å².